The molecular weight excluding hydrogens is 410 g/mol. The van der Waals surface area contributed by atoms with Gasteiger partial charge in [0, 0.05) is 44.1 Å². The molecular formula is C24H25N3O5. The van der Waals surface area contributed by atoms with Crippen LogP contribution in [0.5, 0.6) is 5.75 Å². The van der Waals surface area contributed by atoms with Crippen molar-refractivity contribution in [2.45, 2.75) is 19.3 Å². The molecule has 8 heteroatoms. The maximum atomic E-state index is 12.4. The molecule has 32 heavy (non-hydrogen) atoms. The van der Waals surface area contributed by atoms with Gasteiger partial charge in [-0.2, -0.15) is 0 Å². The predicted octanol–water partition coefficient (Wildman–Crippen LogP) is 2.24. The number of nitrogens with one attached hydrogen (secondary N) is 1. The van der Waals surface area contributed by atoms with E-state index in [2.05, 4.69) is 5.32 Å². The Kier molecular flexibility index (Phi) is 6.20. The molecule has 4 amide bonds. The van der Waals surface area contributed by atoms with Crippen molar-refractivity contribution >= 4 is 29.3 Å². The van der Waals surface area contributed by atoms with E-state index in [1.807, 2.05) is 24.3 Å². The van der Waals surface area contributed by atoms with Gasteiger partial charge in [-0.1, -0.05) is 12.1 Å². The molecule has 0 radical (unpaired) electrons. The van der Waals surface area contributed by atoms with E-state index in [1.54, 1.807) is 36.3 Å². The monoisotopic (exact) mass is 435 g/mol. The fourth-order valence-electron chi connectivity index (χ4n) is 4.12. The molecule has 8 nitrogen and oxygen atoms in total. The van der Waals surface area contributed by atoms with Crippen molar-refractivity contribution in [2.24, 2.45) is 5.92 Å². The third kappa shape index (κ3) is 4.34. The minimum Gasteiger partial charge on any atom is -0.497 e. The molecule has 2 aromatic rings. The van der Waals surface area contributed by atoms with E-state index in [0.717, 1.165) is 11.4 Å². The predicted molar refractivity (Wildman–Crippen MR) is 118 cm³/mol. The highest BCUT2D eigenvalue weighted by Gasteiger charge is 2.34. The summed E-state index contributed by atoms with van der Waals surface area (Å²) < 4.78 is 5.15. The first-order valence-corrected chi connectivity index (χ1v) is 10.6. The SMILES string of the molecule is COc1ccc(N2CC(CNC(=O)CCCN3C(=O)c4ccccc4C3=O)CC2=O)cc1. The lowest BCUT2D eigenvalue weighted by Crippen LogP contribution is -2.33. The van der Waals surface area contributed by atoms with E-state index in [0.29, 0.717) is 37.1 Å². The molecule has 2 aliphatic rings. The van der Waals surface area contributed by atoms with Gasteiger partial charge in [-0.15, -0.1) is 0 Å². The highest BCUT2D eigenvalue weighted by Crippen LogP contribution is 2.26. The molecule has 166 valence electrons. The van der Waals surface area contributed by atoms with Gasteiger partial charge in [-0.25, -0.2) is 0 Å². The third-order valence-corrected chi connectivity index (χ3v) is 5.84. The van der Waals surface area contributed by atoms with Crippen LogP contribution in [-0.4, -0.2) is 55.3 Å². The molecule has 0 spiro atoms. The quantitative estimate of drug-likeness (QED) is 0.642. The summed E-state index contributed by atoms with van der Waals surface area (Å²) in [4.78, 5) is 52.2. The van der Waals surface area contributed by atoms with Crippen molar-refractivity contribution in [3.63, 3.8) is 0 Å². The fourth-order valence-corrected chi connectivity index (χ4v) is 4.12. The molecule has 1 N–H and O–H groups in total. The standard InChI is InChI=1S/C24H25N3O5/c1-32-18-10-8-17(9-11-18)27-15-16(13-22(27)29)14-25-21(28)7-4-12-26-23(30)19-5-2-3-6-20(19)24(26)31/h2-3,5-6,8-11,16H,4,7,12-15H2,1H3,(H,25,28). The van der Waals surface area contributed by atoms with E-state index in [1.165, 1.54) is 4.90 Å². The van der Waals surface area contributed by atoms with Crippen molar-refractivity contribution in [3.05, 3.63) is 59.7 Å². The van der Waals surface area contributed by atoms with Crippen LogP contribution in [0.15, 0.2) is 48.5 Å². The molecule has 4 rings (SSSR count). The molecule has 2 aliphatic heterocycles. The Balaban J connectivity index is 1.21. The number of hydrogen-bond donors (Lipinski definition) is 1. The summed E-state index contributed by atoms with van der Waals surface area (Å²) in [6, 6.07) is 14.0. The summed E-state index contributed by atoms with van der Waals surface area (Å²) in [5, 5.41) is 2.87. The Morgan fingerprint density at radius 1 is 1.03 bits per heavy atom. The summed E-state index contributed by atoms with van der Waals surface area (Å²) in [7, 11) is 1.59. The third-order valence-electron chi connectivity index (χ3n) is 5.84. The first-order chi connectivity index (χ1) is 15.5. The van der Waals surface area contributed by atoms with Crippen molar-refractivity contribution in [1.82, 2.24) is 10.2 Å². The van der Waals surface area contributed by atoms with Gasteiger partial charge in [0.15, 0.2) is 0 Å². The van der Waals surface area contributed by atoms with Gasteiger partial charge in [0.05, 0.1) is 18.2 Å². The number of carbonyl (C=O) groups is 4. The zero-order valence-corrected chi connectivity index (χ0v) is 17.9. The van der Waals surface area contributed by atoms with Crippen LogP contribution in [0.25, 0.3) is 0 Å². The first kappa shape index (κ1) is 21.5. The summed E-state index contributed by atoms with van der Waals surface area (Å²) in [5.41, 5.74) is 1.63. The number of ether oxygens (including phenoxy) is 1. The van der Waals surface area contributed by atoms with Crippen LogP contribution in [0.3, 0.4) is 0 Å². The van der Waals surface area contributed by atoms with Crippen LogP contribution in [0.2, 0.25) is 0 Å². The molecule has 2 heterocycles. The van der Waals surface area contributed by atoms with Gasteiger partial charge in [-0.3, -0.25) is 24.1 Å². The summed E-state index contributed by atoms with van der Waals surface area (Å²) in [6.07, 6.45) is 0.969. The Bertz CT molecular complexity index is 1010. The number of methoxy groups -OCH3 is 1. The second kappa shape index (κ2) is 9.21. The average Bonchev–Trinajstić information content (AvgIpc) is 3.30. The van der Waals surface area contributed by atoms with Gasteiger partial charge in [-0.05, 0) is 42.8 Å². The van der Waals surface area contributed by atoms with E-state index in [4.69, 9.17) is 4.74 Å². The normalized spacial score (nSPS) is 17.7. The molecule has 0 bridgehead atoms. The smallest absolute Gasteiger partial charge is 0.261 e. The highest BCUT2D eigenvalue weighted by atomic mass is 16.5. The minimum atomic E-state index is -0.311. The highest BCUT2D eigenvalue weighted by molar-refractivity contribution is 6.21. The van der Waals surface area contributed by atoms with Gasteiger partial charge in [0.1, 0.15) is 5.75 Å². The molecule has 1 fully saturated rings. The lowest BCUT2D eigenvalue weighted by Gasteiger charge is -2.17. The molecule has 0 aliphatic carbocycles. The number of imide groups is 1. The van der Waals surface area contributed by atoms with E-state index < -0.39 is 0 Å². The number of rotatable bonds is 8. The topological polar surface area (TPSA) is 96.0 Å². The fraction of sp³-hybridized carbons (Fsp3) is 0.333. The van der Waals surface area contributed by atoms with Crippen LogP contribution in [0.1, 0.15) is 40.0 Å². The largest absolute Gasteiger partial charge is 0.497 e. The lowest BCUT2D eigenvalue weighted by atomic mass is 10.1. The van der Waals surface area contributed by atoms with Crippen LogP contribution < -0.4 is 15.0 Å². The molecule has 0 aromatic heterocycles. The lowest BCUT2D eigenvalue weighted by molar-refractivity contribution is -0.121. The maximum Gasteiger partial charge on any atom is 0.261 e. The Morgan fingerprint density at radius 2 is 1.69 bits per heavy atom. The van der Waals surface area contributed by atoms with Crippen LogP contribution in [-0.2, 0) is 9.59 Å². The number of benzene rings is 2. The maximum absolute atomic E-state index is 12.4. The van der Waals surface area contributed by atoms with E-state index >= 15 is 0 Å². The zero-order valence-electron chi connectivity index (χ0n) is 17.9. The molecule has 1 atom stereocenters. The van der Waals surface area contributed by atoms with Crippen LogP contribution in [0.4, 0.5) is 5.69 Å². The van der Waals surface area contributed by atoms with Gasteiger partial charge in [0.25, 0.3) is 11.8 Å². The second-order valence-electron chi connectivity index (χ2n) is 7.99. The minimum absolute atomic E-state index is 0.0278. The van der Waals surface area contributed by atoms with Crippen molar-refractivity contribution in [1.29, 1.82) is 0 Å². The zero-order chi connectivity index (χ0) is 22.7. The summed E-state index contributed by atoms with van der Waals surface area (Å²) in [6.45, 7) is 1.15. The number of hydrogen-bond acceptors (Lipinski definition) is 5. The van der Waals surface area contributed by atoms with Crippen LogP contribution in [0, 0.1) is 5.92 Å². The number of amides is 4. The Labute approximate surface area is 186 Å². The van der Waals surface area contributed by atoms with Crippen molar-refractivity contribution < 1.29 is 23.9 Å². The number of carbonyl (C=O) groups excluding carboxylic acids is 4. The van der Waals surface area contributed by atoms with E-state index in [-0.39, 0.29) is 42.5 Å². The van der Waals surface area contributed by atoms with Gasteiger partial charge < -0.3 is 15.0 Å². The van der Waals surface area contributed by atoms with Gasteiger partial charge >= 0.3 is 0 Å². The van der Waals surface area contributed by atoms with Crippen LogP contribution >= 0.6 is 0 Å². The Hall–Kier alpha value is -3.68. The molecule has 2 aromatic carbocycles. The van der Waals surface area contributed by atoms with Crippen molar-refractivity contribution in [2.75, 3.05) is 31.6 Å². The molecule has 1 saturated heterocycles. The summed E-state index contributed by atoms with van der Waals surface area (Å²) in [5.74, 6) is 0.00963. The average molecular weight is 435 g/mol. The second-order valence-corrected chi connectivity index (χ2v) is 7.99. The molecule has 0 saturated carbocycles. The summed E-state index contributed by atoms with van der Waals surface area (Å²) >= 11 is 0. The number of fused-ring (bicyclic) bond motifs is 1. The van der Waals surface area contributed by atoms with E-state index in [9.17, 15) is 19.2 Å². The van der Waals surface area contributed by atoms with Gasteiger partial charge in [0.2, 0.25) is 11.8 Å². The number of anilines is 1. The molecule has 1 unspecified atom stereocenters. The van der Waals surface area contributed by atoms with Crippen molar-refractivity contribution in [3.8, 4) is 5.75 Å². The Morgan fingerprint density at radius 3 is 2.31 bits per heavy atom. The number of nitrogens with zero attached hydrogens (tertiary/aromatic N) is 2. The first-order valence-electron chi connectivity index (χ1n) is 10.6.